The van der Waals surface area contributed by atoms with Crippen LogP contribution in [0.15, 0.2) is 54.6 Å². The number of halogens is 2. The number of benzene rings is 2. The molecule has 0 aliphatic carbocycles. The van der Waals surface area contributed by atoms with Gasteiger partial charge in [0.2, 0.25) is 11.8 Å². The smallest absolute Gasteiger partial charge is 0.262 e. The van der Waals surface area contributed by atoms with Crippen molar-refractivity contribution in [3.05, 3.63) is 70.2 Å². The topological polar surface area (TPSA) is 87.3 Å². The Bertz CT molecular complexity index is 855. The second-order valence-corrected chi connectivity index (χ2v) is 6.30. The molecule has 2 rings (SSSR count). The summed E-state index contributed by atoms with van der Waals surface area (Å²) in [5.41, 5.74) is 5.76. The third-order valence-corrected chi connectivity index (χ3v) is 3.88. The summed E-state index contributed by atoms with van der Waals surface area (Å²) in [6.07, 6.45) is 2.75. The van der Waals surface area contributed by atoms with E-state index in [1.807, 2.05) is 30.3 Å². The second kappa shape index (κ2) is 10.4. The fourth-order valence-corrected chi connectivity index (χ4v) is 2.46. The van der Waals surface area contributed by atoms with Crippen LogP contribution in [-0.4, -0.2) is 17.7 Å². The zero-order valence-electron chi connectivity index (χ0n) is 14.2. The largest absolute Gasteiger partial charge is 0.325 e. The van der Waals surface area contributed by atoms with Crippen LogP contribution in [-0.2, 0) is 14.4 Å². The van der Waals surface area contributed by atoms with Gasteiger partial charge in [0.1, 0.15) is 0 Å². The maximum atomic E-state index is 11.9. The molecule has 0 saturated carbocycles. The van der Waals surface area contributed by atoms with Gasteiger partial charge in [-0.25, -0.2) is 0 Å². The predicted octanol–water partition coefficient (Wildman–Crippen LogP) is 3.57. The number of hydrogen-bond donors (Lipinski definition) is 3. The van der Waals surface area contributed by atoms with E-state index in [4.69, 9.17) is 23.2 Å². The third-order valence-electron chi connectivity index (χ3n) is 3.34. The Morgan fingerprint density at radius 1 is 0.889 bits per heavy atom. The van der Waals surface area contributed by atoms with Crippen molar-refractivity contribution in [1.29, 1.82) is 0 Å². The number of rotatable bonds is 6. The fourth-order valence-electron chi connectivity index (χ4n) is 2.00. The Morgan fingerprint density at radius 2 is 1.59 bits per heavy atom. The van der Waals surface area contributed by atoms with E-state index in [1.54, 1.807) is 18.2 Å². The lowest BCUT2D eigenvalue weighted by Gasteiger charge is -2.08. The van der Waals surface area contributed by atoms with Gasteiger partial charge in [-0.1, -0.05) is 53.5 Å². The molecule has 6 nitrogen and oxygen atoms in total. The molecule has 2 aromatic rings. The summed E-state index contributed by atoms with van der Waals surface area (Å²) in [4.78, 5) is 35.2. The van der Waals surface area contributed by atoms with Gasteiger partial charge in [-0.2, -0.15) is 0 Å². The summed E-state index contributed by atoms with van der Waals surface area (Å²) in [7, 11) is 0. The van der Waals surface area contributed by atoms with Gasteiger partial charge in [0, 0.05) is 23.9 Å². The minimum Gasteiger partial charge on any atom is -0.325 e. The second-order valence-electron chi connectivity index (χ2n) is 5.45. The SMILES string of the molecule is O=C(/C=C/c1ccccc1)NNC(=O)CCC(=O)Nc1ccc(Cl)cc1Cl. The van der Waals surface area contributed by atoms with E-state index in [9.17, 15) is 14.4 Å². The molecule has 0 unspecified atom stereocenters. The van der Waals surface area contributed by atoms with E-state index in [0.717, 1.165) is 5.56 Å². The van der Waals surface area contributed by atoms with Crippen LogP contribution in [0.2, 0.25) is 10.0 Å². The van der Waals surface area contributed by atoms with Crippen molar-refractivity contribution >= 4 is 52.7 Å². The molecular formula is C19H17Cl2N3O3. The number of nitrogens with one attached hydrogen (secondary N) is 3. The summed E-state index contributed by atoms with van der Waals surface area (Å²) in [5, 5.41) is 3.34. The van der Waals surface area contributed by atoms with Crippen LogP contribution in [0, 0.1) is 0 Å². The normalized spacial score (nSPS) is 10.4. The quantitative estimate of drug-likeness (QED) is 0.506. The molecular weight excluding hydrogens is 389 g/mol. The molecule has 0 radical (unpaired) electrons. The maximum absolute atomic E-state index is 11.9. The van der Waals surface area contributed by atoms with Crippen molar-refractivity contribution in [2.75, 3.05) is 5.32 Å². The first-order chi connectivity index (χ1) is 12.9. The molecule has 3 N–H and O–H groups in total. The summed E-state index contributed by atoms with van der Waals surface area (Å²) in [6.45, 7) is 0. The van der Waals surface area contributed by atoms with Crippen molar-refractivity contribution < 1.29 is 14.4 Å². The Labute approximate surface area is 166 Å². The molecule has 2 aromatic carbocycles. The van der Waals surface area contributed by atoms with Crippen LogP contribution in [0.1, 0.15) is 18.4 Å². The molecule has 0 atom stereocenters. The van der Waals surface area contributed by atoms with Crippen molar-refractivity contribution in [2.24, 2.45) is 0 Å². The van der Waals surface area contributed by atoms with Gasteiger partial charge in [-0.05, 0) is 29.8 Å². The van der Waals surface area contributed by atoms with Crippen LogP contribution in [0.3, 0.4) is 0 Å². The average molecular weight is 406 g/mol. The van der Waals surface area contributed by atoms with Crippen LogP contribution in [0.4, 0.5) is 5.69 Å². The highest BCUT2D eigenvalue weighted by Gasteiger charge is 2.09. The van der Waals surface area contributed by atoms with Crippen LogP contribution >= 0.6 is 23.2 Å². The molecule has 0 bridgehead atoms. The zero-order valence-corrected chi connectivity index (χ0v) is 15.7. The molecule has 0 saturated heterocycles. The summed E-state index contributed by atoms with van der Waals surface area (Å²) in [5.74, 6) is -1.36. The van der Waals surface area contributed by atoms with Crippen LogP contribution in [0.5, 0.6) is 0 Å². The number of amides is 3. The third kappa shape index (κ3) is 7.52. The number of carbonyl (C=O) groups excluding carboxylic acids is 3. The lowest BCUT2D eigenvalue weighted by atomic mass is 10.2. The minimum absolute atomic E-state index is 0.0689. The first-order valence-electron chi connectivity index (χ1n) is 8.01. The number of hydrogen-bond acceptors (Lipinski definition) is 3. The van der Waals surface area contributed by atoms with Gasteiger partial charge >= 0.3 is 0 Å². The highest BCUT2D eigenvalue weighted by molar-refractivity contribution is 6.36. The molecule has 0 aliphatic heterocycles. The number of anilines is 1. The summed E-state index contributed by atoms with van der Waals surface area (Å²) in [6, 6.07) is 13.9. The Balaban J connectivity index is 1.70. The summed E-state index contributed by atoms with van der Waals surface area (Å²) < 4.78 is 0. The number of carbonyl (C=O) groups is 3. The summed E-state index contributed by atoms with van der Waals surface area (Å²) >= 11 is 11.7. The van der Waals surface area contributed by atoms with Crippen LogP contribution in [0.25, 0.3) is 6.08 Å². The van der Waals surface area contributed by atoms with Gasteiger partial charge in [0.05, 0.1) is 10.7 Å². The van der Waals surface area contributed by atoms with E-state index in [0.29, 0.717) is 15.7 Å². The van der Waals surface area contributed by atoms with Gasteiger partial charge < -0.3 is 5.32 Å². The molecule has 0 fully saturated rings. The first-order valence-corrected chi connectivity index (χ1v) is 8.76. The Hall–Kier alpha value is -2.83. The van der Waals surface area contributed by atoms with Crippen LogP contribution < -0.4 is 16.2 Å². The molecule has 27 heavy (non-hydrogen) atoms. The van der Waals surface area contributed by atoms with Gasteiger partial charge in [-0.15, -0.1) is 0 Å². The molecule has 140 valence electrons. The molecule has 0 heterocycles. The first kappa shape index (κ1) is 20.5. The van der Waals surface area contributed by atoms with Crippen molar-refractivity contribution in [3.63, 3.8) is 0 Å². The lowest BCUT2D eigenvalue weighted by Crippen LogP contribution is -2.41. The van der Waals surface area contributed by atoms with E-state index in [1.165, 1.54) is 12.1 Å². The van der Waals surface area contributed by atoms with E-state index in [-0.39, 0.29) is 18.7 Å². The molecule has 8 heteroatoms. The molecule has 3 amide bonds. The van der Waals surface area contributed by atoms with Crippen molar-refractivity contribution in [2.45, 2.75) is 12.8 Å². The monoisotopic (exact) mass is 405 g/mol. The predicted molar refractivity (Wildman–Crippen MR) is 106 cm³/mol. The standard InChI is InChI=1S/C19H17Cl2N3O3/c20-14-7-8-16(15(21)12-14)22-17(25)10-11-19(27)24-23-18(26)9-6-13-4-2-1-3-5-13/h1-9,12H,10-11H2,(H,22,25)(H,23,26)(H,24,27)/b9-6+. The van der Waals surface area contributed by atoms with Gasteiger partial charge in [0.25, 0.3) is 5.91 Å². The molecule has 0 aliphatic rings. The molecule has 0 spiro atoms. The Morgan fingerprint density at radius 3 is 2.30 bits per heavy atom. The maximum Gasteiger partial charge on any atom is 0.262 e. The Kier molecular flexibility index (Phi) is 7.85. The van der Waals surface area contributed by atoms with Gasteiger partial charge in [-0.3, -0.25) is 25.2 Å². The van der Waals surface area contributed by atoms with E-state index >= 15 is 0 Å². The van der Waals surface area contributed by atoms with Gasteiger partial charge in [0.15, 0.2) is 0 Å². The fraction of sp³-hybridized carbons (Fsp3) is 0.105. The van der Waals surface area contributed by atoms with E-state index in [2.05, 4.69) is 16.2 Å². The zero-order chi connectivity index (χ0) is 19.6. The van der Waals surface area contributed by atoms with Crippen molar-refractivity contribution in [3.8, 4) is 0 Å². The number of hydrazine groups is 1. The van der Waals surface area contributed by atoms with E-state index < -0.39 is 11.8 Å². The minimum atomic E-state index is -0.492. The van der Waals surface area contributed by atoms with Crippen molar-refractivity contribution in [1.82, 2.24) is 10.9 Å². The lowest BCUT2D eigenvalue weighted by molar-refractivity contribution is -0.128. The average Bonchev–Trinajstić information content (AvgIpc) is 2.66. The molecule has 0 aromatic heterocycles. The highest BCUT2D eigenvalue weighted by Crippen LogP contribution is 2.25. The highest BCUT2D eigenvalue weighted by atomic mass is 35.5.